The summed E-state index contributed by atoms with van der Waals surface area (Å²) in [6, 6.07) is 13.2. The number of fused-ring (bicyclic) bond motifs is 1. The Morgan fingerprint density at radius 1 is 0.778 bits per heavy atom. The van der Waals surface area contributed by atoms with E-state index in [2.05, 4.69) is 4.98 Å². The highest BCUT2D eigenvalue weighted by atomic mass is 32.2. The number of aryl methyl sites for hydroxylation is 2. The summed E-state index contributed by atoms with van der Waals surface area (Å²) < 4.78 is 97.1. The van der Waals surface area contributed by atoms with Crippen LogP contribution >= 0.6 is 0 Å². The molecule has 2 aliphatic rings. The summed E-state index contributed by atoms with van der Waals surface area (Å²) in [7, 11) is -15.9. The first-order chi connectivity index (χ1) is 25.1. The van der Waals surface area contributed by atoms with Crippen LogP contribution in [0.25, 0.3) is 0 Å². The molecule has 1 N–H and O–H groups in total. The van der Waals surface area contributed by atoms with Gasteiger partial charge in [-0.15, -0.1) is 0 Å². The Morgan fingerprint density at radius 2 is 1.28 bits per heavy atom. The standard InChI is InChI=1S/C36H52N2O12S2Si2/c1-23(2)53(24(3)4)46-22-36(21-45-51(41,42)29-15-11-27(9)12-16-29)33(49-54(50-53,25(5)6)26(7)8)32(34(47-36)38-20-19-31(39)37-35(38)40)48-52(43,44)30-17-13-28(10)14-18-30/h11-20,23-26,32-34H,21-22H2,1-10H3,(H,37,39,40)/t32-,33+,34-,36-/m1/s1. The predicted molar refractivity (Wildman–Crippen MR) is 206 cm³/mol. The van der Waals surface area contributed by atoms with Gasteiger partial charge in [0.2, 0.25) is 0 Å². The van der Waals surface area contributed by atoms with Crippen LogP contribution in [0.5, 0.6) is 0 Å². The maximum absolute atomic E-state index is 14.1. The highest BCUT2D eigenvalue weighted by Gasteiger charge is 2.67. The molecule has 0 bridgehead atoms. The minimum absolute atomic E-state index is 0.112. The van der Waals surface area contributed by atoms with Crippen LogP contribution in [0.15, 0.2) is 80.2 Å². The van der Waals surface area contributed by atoms with Gasteiger partial charge in [-0.05, 0) is 60.3 Å². The van der Waals surface area contributed by atoms with Crippen LogP contribution in [-0.4, -0.2) is 74.5 Å². The second-order valence-corrected chi connectivity index (χ2v) is 27.5. The Balaban J connectivity index is 1.78. The topological polar surface area (TPSA) is 179 Å². The Morgan fingerprint density at radius 3 is 1.76 bits per heavy atom. The van der Waals surface area contributed by atoms with E-state index in [9.17, 15) is 26.4 Å². The maximum atomic E-state index is 14.1. The van der Waals surface area contributed by atoms with Crippen molar-refractivity contribution < 1.29 is 42.9 Å². The average Bonchev–Trinajstić information content (AvgIpc) is 3.34. The predicted octanol–water partition coefficient (Wildman–Crippen LogP) is 5.56. The average molecular weight is 825 g/mol. The molecule has 54 heavy (non-hydrogen) atoms. The van der Waals surface area contributed by atoms with Crippen LogP contribution in [0.1, 0.15) is 72.7 Å². The van der Waals surface area contributed by atoms with E-state index >= 15 is 0 Å². The summed E-state index contributed by atoms with van der Waals surface area (Å²) in [5.74, 6) is 0. The van der Waals surface area contributed by atoms with Crippen molar-refractivity contribution in [3.8, 4) is 0 Å². The smallest absolute Gasteiger partial charge is 0.335 e. The molecule has 0 saturated carbocycles. The lowest BCUT2D eigenvalue weighted by atomic mass is 9.97. The van der Waals surface area contributed by atoms with Crippen molar-refractivity contribution in [2.75, 3.05) is 13.2 Å². The number of H-pyrrole nitrogens is 1. The molecule has 2 fully saturated rings. The zero-order valence-corrected chi connectivity index (χ0v) is 36.0. The third kappa shape index (κ3) is 8.05. The summed E-state index contributed by atoms with van der Waals surface area (Å²) in [5, 5.41) is 0. The molecule has 2 aromatic carbocycles. The first kappa shape index (κ1) is 42.4. The molecule has 4 atom stereocenters. The van der Waals surface area contributed by atoms with Crippen molar-refractivity contribution in [2.45, 2.75) is 125 Å². The van der Waals surface area contributed by atoms with Gasteiger partial charge < -0.3 is 17.7 Å². The van der Waals surface area contributed by atoms with E-state index in [1.165, 1.54) is 24.3 Å². The van der Waals surface area contributed by atoms with Crippen LogP contribution < -0.4 is 11.2 Å². The highest BCUT2D eigenvalue weighted by molar-refractivity contribution is 7.87. The Labute approximate surface area is 319 Å². The minimum Gasteiger partial charge on any atom is -0.414 e. The molecule has 2 aliphatic heterocycles. The fourth-order valence-corrected chi connectivity index (χ4v) is 20.5. The molecular formula is C36H52N2O12S2Si2. The number of nitrogens with one attached hydrogen (secondary N) is 1. The van der Waals surface area contributed by atoms with Gasteiger partial charge in [-0.3, -0.25) is 22.7 Å². The van der Waals surface area contributed by atoms with Gasteiger partial charge in [-0.1, -0.05) is 90.8 Å². The molecule has 5 rings (SSSR count). The lowest BCUT2D eigenvalue weighted by molar-refractivity contribution is -0.150. The largest absolute Gasteiger partial charge is 0.414 e. The highest BCUT2D eigenvalue weighted by Crippen LogP contribution is 2.52. The SMILES string of the molecule is Cc1ccc(S(=O)(=O)OC[C@@]23CO[Si](C(C)C)(C(C)C)O[Si](C(C)C)(C(C)C)O[C@H]2[C@@H](OS(=O)(=O)c2ccc(C)cc2)[C@H](n2ccc(=O)[nH]c2=O)O3)cc1. The van der Waals surface area contributed by atoms with E-state index in [-0.39, 0.29) is 38.6 Å². The number of benzene rings is 2. The zero-order chi connectivity index (χ0) is 40.0. The minimum atomic E-state index is -4.60. The summed E-state index contributed by atoms with van der Waals surface area (Å²) in [6.07, 6.45) is -3.52. The van der Waals surface area contributed by atoms with E-state index in [0.29, 0.717) is 0 Å². The van der Waals surface area contributed by atoms with Gasteiger partial charge in [0.1, 0.15) is 18.3 Å². The summed E-state index contributed by atoms with van der Waals surface area (Å²) in [4.78, 5) is 27.6. The zero-order valence-electron chi connectivity index (χ0n) is 32.4. The number of hydrogen-bond acceptors (Lipinski definition) is 12. The molecule has 0 unspecified atom stereocenters. The van der Waals surface area contributed by atoms with Crippen molar-refractivity contribution in [3.63, 3.8) is 0 Å². The van der Waals surface area contributed by atoms with Gasteiger partial charge in [-0.2, -0.15) is 16.8 Å². The van der Waals surface area contributed by atoms with Crippen LogP contribution in [-0.2, 0) is 46.3 Å². The van der Waals surface area contributed by atoms with Crippen molar-refractivity contribution in [2.24, 2.45) is 0 Å². The first-order valence-electron chi connectivity index (χ1n) is 18.1. The molecule has 0 aliphatic carbocycles. The monoisotopic (exact) mass is 824 g/mol. The fourth-order valence-electron chi connectivity index (χ4n) is 7.22. The van der Waals surface area contributed by atoms with Gasteiger partial charge in [0.05, 0.1) is 16.4 Å². The first-order valence-corrected chi connectivity index (χ1v) is 24.8. The molecule has 3 aromatic rings. The summed E-state index contributed by atoms with van der Waals surface area (Å²) in [5.41, 5.74) is -2.61. The van der Waals surface area contributed by atoms with Crippen LogP contribution in [0.4, 0.5) is 0 Å². The molecule has 18 heteroatoms. The Bertz CT molecular complexity index is 2120. The quantitative estimate of drug-likeness (QED) is 0.178. The molecular weight excluding hydrogens is 773 g/mol. The van der Waals surface area contributed by atoms with E-state index in [1.54, 1.807) is 24.3 Å². The molecule has 14 nitrogen and oxygen atoms in total. The number of aromatic amines is 1. The number of rotatable bonds is 12. The number of nitrogens with zero attached hydrogens (tertiary/aromatic N) is 1. The summed E-state index contributed by atoms with van der Waals surface area (Å²) >= 11 is 0. The molecule has 0 radical (unpaired) electrons. The van der Waals surface area contributed by atoms with Crippen molar-refractivity contribution in [1.29, 1.82) is 0 Å². The van der Waals surface area contributed by atoms with E-state index in [1.807, 2.05) is 69.2 Å². The molecule has 0 spiro atoms. The van der Waals surface area contributed by atoms with E-state index < -0.39 is 79.3 Å². The number of ether oxygens (including phenoxy) is 1. The van der Waals surface area contributed by atoms with E-state index in [4.69, 9.17) is 26.1 Å². The van der Waals surface area contributed by atoms with Gasteiger partial charge in [0.15, 0.2) is 12.3 Å². The Kier molecular flexibility index (Phi) is 12.3. The van der Waals surface area contributed by atoms with Gasteiger partial charge in [-0.25, -0.2) is 4.79 Å². The molecule has 1 aromatic heterocycles. The third-order valence-corrected chi connectivity index (χ3v) is 23.1. The second kappa shape index (κ2) is 15.6. The second-order valence-electron chi connectivity index (χ2n) is 15.4. The van der Waals surface area contributed by atoms with Gasteiger partial charge >= 0.3 is 22.8 Å². The van der Waals surface area contributed by atoms with Crippen LogP contribution in [0.3, 0.4) is 0 Å². The molecule has 3 heterocycles. The third-order valence-electron chi connectivity index (χ3n) is 10.3. The molecule has 298 valence electrons. The lowest BCUT2D eigenvalue weighted by Gasteiger charge is -2.53. The number of aromatic nitrogens is 2. The Hall–Kier alpha value is -2.79. The molecule has 2 saturated heterocycles. The normalized spacial score (nSPS) is 24.5. The van der Waals surface area contributed by atoms with Gasteiger partial charge in [0, 0.05) is 12.3 Å². The van der Waals surface area contributed by atoms with E-state index in [0.717, 1.165) is 28.0 Å². The number of hydrogen-bond donors (Lipinski definition) is 1. The summed E-state index contributed by atoms with van der Waals surface area (Å²) in [6.45, 7) is 18.4. The molecule has 0 amide bonds. The van der Waals surface area contributed by atoms with Crippen LogP contribution in [0, 0.1) is 13.8 Å². The maximum Gasteiger partial charge on any atom is 0.335 e. The van der Waals surface area contributed by atoms with Gasteiger partial charge in [0.25, 0.3) is 25.8 Å². The lowest BCUT2D eigenvalue weighted by Crippen LogP contribution is -2.69. The van der Waals surface area contributed by atoms with Crippen molar-refractivity contribution in [1.82, 2.24) is 9.55 Å². The van der Waals surface area contributed by atoms with Crippen molar-refractivity contribution in [3.05, 3.63) is 92.8 Å². The van der Waals surface area contributed by atoms with Crippen LogP contribution in [0.2, 0.25) is 22.2 Å². The van der Waals surface area contributed by atoms with Crippen molar-refractivity contribution >= 4 is 37.4 Å². The fraction of sp³-hybridized carbons (Fsp3) is 0.556.